The van der Waals surface area contributed by atoms with Gasteiger partial charge < -0.3 is 4.74 Å². The Morgan fingerprint density at radius 2 is 1.56 bits per heavy atom. The Hall–Kier alpha value is -0.950. The molecule has 8 heteroatoms. The molecule has 0 atom stereocenters. The molecule has 0 amide bonds. The molecule has 0 aliphatic carbocycles. The highest BCUT2D eigenvalue weighted by atomic mass is 19.4. The summed E-state index contributed by atoms with van der Waals surface area (Å²) in [7, 11) is 0. The van der Waals surface area contributed by atoms with Crippen LogP contribution in [0.4, 0.5) is 26.3 Å². The standard InChI is InChI=1S/C8H10F6O2/c1-2-3-4-16-6(15)5(7(9,10)11)8(12,13)14/h5H,2-4H2,1H3. The molecule has 0 aromatic rings. The summed E-state index contributed by atoms with van der Waals surface area (Å²) in [6.45, 7) is 1.21. The maximum absolute atomic E-state index is 12.0. The maximum Gasteiger partial charge on any atom is 0.411 e. The number of alkyl halides is 6. The van der Waals surface area contributed by atoms with Crippen LogP contribution in [0.25, 0.3) is 0 Å². The van der Waals surface area contributed by atoms with Gasteiger partial charge in [0.05, 0.1) is 6.61 Å². The molecule has 16 heavy (non-hydrogen) atoms. The Morgan fingerprint density at radius 1 is 1.12 bits per heavy atom. The van der Waals surface area contributed by atoms with Gasteiger partial charge in [0.15, 0.2) is 0 Å². The number of esters is 1. The average Bonchev–Trinajstić information content (AvgIpc) is 1.98. The van der Waals surface area contributed by atoms with Crippen molar-refractivity contribution in [2.45, 2.75) is 32.1 Å². The number of hydrogen-bond acceptors (Lipinski definition) is 2. The van der Waals surface area contributed by atoms with E-state index >= 15 is 0 Å². The van der Waals surface area contributed by atoms with Crippen LogP contribution in [-0.2, 0) is 9.53 Å². The van der Waals surface area contributed by atoms with Gasteiger partial charge in [-0.25, -0.2) is 0 Å². The molecule has 0 spiro atoms. The number of carbonyl (C=O) groups is 1. The molecule has 0 saturated heterocycles. The van der Waals surface area contributed by atoms with Gasteiger partial charge in [0, 0.05) is 0 Å². The van der Waals surface area contributed by atoms with Crippen molar-refractivity contribution in [3.63, 3.8) is 0 Å². The lowest BCUT2D eigenvalue weighted by Gasteiger charge is -2.21. The smallest absolute Gasteiger partial charge is 0.411 e. The monoisotopic (exact) mass is 252 g/mol. The quantitative estimate of drug-likeness (QED) is 0.436. The van der Waals surface area contributed by atoms with Crippen molar-refractivity contribution < 1.29 is 35.9 Å². The van der Waals surface area contributed by atoms with Crippen molar-refractivity contribution >= 4 is 5.97 Å². The van der Waals surface area contributed by atoms with E-state index in [9.17, 15) is 31.1 Å². The van der Waals surface area contributed by atoms with Crippen LogP contribution in [0.1, 0.15) is 19.8 Å². The fourth-order valence-electron chi connectivity index (χ4n) is 0.853. The zero-order valence-electron chi connectivity index (χ0n) is 8.28. The van der Waals surface area contributed by atoms with E-state index in [0.717, 1.165) is 0 Å². The van der Waals surface area contributed by atoms with Crippen molar-refractivity contribution in [2.75, 3.05) is 6.61 Å². The topological polar surface area (TPSA) is 26.3 Å². The van der Waals surface area contributed by atoms with Crippen LogP contribution < -0.4 is 0 Å². The number of carbonyl (C=O) groups excluding carboxylic acids is 1. The van der Waals surface area contributed by atoms with E-state index in [-0.39, 0.29) is 6.42 Å². The van der Waals surface area contributed by atoms with Crippen molar-refractivity contribution in [3.8, 4) is 0 Å². The van der Waals surface area contributed by atoms with Crippen LogP contribution in [0.3, 0.4) is 0 Å². The van der Waals surface area contributed by atoms with Crippen molar-refractivity contribution in [2.24, 2.45) is 5.92 Å². The van der Waals surface area contributed by atoms with Crippen LogP contribution in [0.15, 0.2) is 0 Å². The fraction of sp³-hybridized carbons (Fsp3) is 0.875. The number of unbranched alkanes of at least 4 members (excludes halogenated alkanes) is 1. The Balaban J connectivity index is 4.61. The molecule has 0 aromatic heterocycles. The number of hydrogen-bond donors (Lipinski definition) is 0. The van der Waals surface area contributed by atoms with E-state index in [1.54, 1.807) is 6.92 Å². The van der Waals surface area contributed by atoms with E-state index in [2.05, 4.69) is 4.74 Å². The second-order valence-corrected chi connectivity index (χ2v) is 3.04. The first-order valence-corrected chi connectivity index (χ1v) is 4.40. The van der Waals surface area contributed by atoms with Crippen LogP contribution in [-0.4, -0.2) is 24.9 Å². The first kappa shape index (κ1) is 15.0. The van der Waals surface area contributed by atoms with Crippen LogP contribution in [0.5, 0.6) is 0 Å². The van der Waals surface area contributed by atoms with E-state index in [1.807, 2.05) is 0 Å². The summed E-state index contributed by atoms with van der Waals surface area (Å²) >= 11 is 0. The summed E-state index contributed by atoms with van der Waals surface area (Å²) in [5, 5.41) is 0. The molecule has 0 heterocycles. The highest BCUT2D eigenvalue weighted by Gasteiger charge is 2.62. The normalized spacial score (nSPS) is 13.0. The minimum absolute atomic E-state index is 0.216. The van der Waals surface area contributed by atoms with Gasteiger partial charge in [-0.3, -0.25) is 4.79 Å². The largest absolute Gasteiger partial charge is 0.465 e. The first-order chi connectivity index (χ1) is 7.10. The third-order valence-corrected chi connectivity index (χ3v) is 1.63. The Morgan fingerprint density at radius 3 is 1.88 bits per heavy atom. The van der Waals surface area contributed by atoms with Gasteiger partial charge in [-0.05, 0) is 6.42 Å². The predicted molar refractivity (Wildman–Crippen MR) is 41.5 cm³/mol. The molecule has 0 rings (SSSR count). The van der Waals surface area contributed by atoms with Crippen molar-refractivity contribution in [1.82, 2.24) is 0 Å². The highest BCUT2D eigenvalue weighted by Crippen LogP contribution is 2.39. The van der Waals surface area contributed by atoms with Crippen molar-refractivity contribution in [1.29, 1.82) is 0 Å². The molecule has 96 valence electrons. The van der Waals surface area contributed by atoms with Gasteiger partial charge >= 0.3 is 18.3 Å². The Kier molecular flexibility index (Phi) is 5.08. The fourth-order valence-corrected chi connectivity index (χ4v) is 0.853. The van der Waals surface area contributed by atoms with E-state index in [4.69, 9.17) is 0 Å². The SMILES string of the molecule is CCCCOC(=O)C(C(F)(F)F)C(F)(F)F. The molecule has 0 aliphatic heterocycles. The van der Waals surface area contributed by atoms with Gasteiger partial charge in [0.1, 0.15) is 0 Å². The first-order valence-electron chi connectivity index (χ1n) is 4.40. The predicted octanol–water partition coefficient (Wildman–Crippen LogP) is 3.07. The van der Waals surface area contributed by atoms with E-state index < -0.39 is 30.8 Å². The summed E-state index contributed by atoms with van der Waals surface area (Å²) in [4.78, 5) is 10.6. The minimum atomic E-state index is -5.68. The number of halogens is 6. The molecule has 0 unspecified atom stereocenters. The zero-order chi connectivity index (χ0) is 13.0. The molecule has 0 fully saturated rings. The zero-order valence-corrected chi connectivity index (χ0v) is 8.28. The average molecular weight is 252 g/mol. The molecule has 0 N–H and O–H groups in total. The Labute approximate surface area is 87.6 Å². The van der Waals surface area contributed by atoms with Gasteiger partial charge in [0.2, 0.25) is 5.92 Å². The molecule has 0 aromatic carbocycles. The minimum Gasteiger partial charge on any atom is -0.465 e. The van der Waals surface area contributed by atoms with Crippen molar-refractivity contribution in [3.05, 3.63) is 0 Å². The third-order valence-electron chi connectivity index (χ3n) is 1.63. The summed E-state index contributed by atoms with van der Waals surface area (Å²) in [6.07, 6.45) is -10.6. The Bertz CT molecular complexity index is 218. The number of ether oxygens (including phenoxy) is 1. The van der Waals surface area contributed by atoms with Crippen LogP contribution in [0, 0.1) is 5.92 Å². The molecule has 2 nitrogen and oxygen atoms in total. The lowest BCUT2D eigenvalue weighted by atomic mass is 10.1. The summed E-state index contributed by atoms with van der Waals surface area (Å²) < 4.78 is 75.6. The van der Waals surface area contributed by atoms with Gasteiger partial charge in [-0.1, -0.05) is 13.3 Å². The molecule has 0 bridgehead atoms. The van der Waals surface area contributed by atoms with Crippen LogP contribution >= 0.6 is 0 Å². The molecule has 0 radical (unpaired) electrons. The maximum atomic E-state index is 12.0. The molecular formula is C8H10F6O2. The molecular weight excluding hydrogens is 242 g/mol. The molecule has 0 aliphatic rings. The van der Waals surface area contributed by atoms with Gasteiger partial charge in [0.25, 0.3) is 0 Å². The summed E-state index contributed by atoms with van der Waals surface area (Å²) in [6, 6.07) is 0. The highest BCUT2D eigenvalue weighted by molar-refractivity contribution is 5.74. The lowest BCUT2D eigenvalue weighted by Crippen LogP contribution is -2.43. The van der Waals surface area contributed by atoms with Crippen LogP contribution in [0.2, 0.25) is 0 Å². The summed E-state index contributed by atoms with van der Waals surface area (Å²) in [5.74, 6) is -6.36. The lowest BCUT2D eigenvalue weighted by molar-refractivity contribution is -0.281. The van der Waals surface area contributed by atoms with E-state index in [1.165, 1.54) is 0 Å². The molecule has 0 saturated carbocycles. The third kappa shape index (κ3) is 4.71. The summed E-state index contributed by atoms with van der Waals surface area (Å²) in [5.41, 5.74) is 0. The second-order valence-electron chi connectivity index (χ2n) is 3.04. The second kappa shape index (κ2) is 5.40. The van der Waals surface area contributed by atoms with Gasteiger partial charge in [-0.15, -0.1) is 0 Å². The number of rotatable bonds is 4. The van der Waals surface area contributed by atoms with Gasteiger partial charge in [-0.2, -0.15) is 26.3 Å². The van der Waals surface area contributed by atoms with E-state index in [0.29, 0.717) is 6.42 Å².